The minimum Gasteiger partial charge on any atom is -0.305 e. The molecule has 1 saturated heterocycles. The third-order valence-electron chi connectivity index (χ3n) is 4.03. The first-order valence-corrected chi connectivity index (χ1v) is 7.39. The zero-order valence-electron chi connectivity index (χ0n) is 12.9. The van der Waals surface area contributed by atoms with Gasteiger partial charge in [0.25, 0.3) is 0 Å². The molecule has 122 valence electrons. The van der Waals surface area contributed by atoms with Crippen LogP contribution in [0.1, 0.15) is 34.8 Å². The third kappa shape index (κ3) is 4.30. The van der Waals surface area contributed by atoms with Crippen molar-refractivity contribution in [2.45, 2.75) is 26.1 Å². The molecule has 0 aliphatic carbocycles. The van der Waals surface area contributed by atoms with Crippen molar-refractivity contribution >= 4 is 5.78 Å². The molecule has 1 aromatic rings. The molecular formula is C16H21F3N2O. The zero-order chi connectivity index (χ0) is 16.3. The molecule has 0 unspecified atom stereocenters. The van der Waals surface area contributed by atoms with Crippen molar-refractivity contribution in [3.63, 3.8) is 0 Å². The van der Waals surface area contributed by atoms with Gasteiger partial charge < -0.3 is 4.90 Å². The van der Waals surface area contributed by atoms with Gasteiger partial charge in [0.15, 0.2) is 5.78 Å². The Morgan fingerprint density at radius 2 is 1.91 bits per heavy atom. The summed E-state index contributed by atoms with van der Waals surface area (Å²) in [6.45, 7) is 4.90. The highest BCUT2D eigenvalue weighted by Crippen LogP contribution is 2.33. The van der Waals surface area contributed by atoms with Crippen LogP contribution in [0.2, 0.25) is 0 Å². The molecule has 0 N–H and O–H groups in total. The summed E-state index contributed by atoms with van der Waals surface area (Å²) in [6, 6.07) is 3.90. The van der Waals surface area contributed by atoms with E-state index in [4.69, 9.17) is 0 Å². The van der Waals surface area contributed by atoms with Gasteiger partial charge in [0.05, 0.1) is 5.56 Å². The fourth-order valence-electron chi connectivity index (χ4n) is 2.70. The third-order valence-corrected chi connectivity index (χ3v) is 4.03. The topological polar surface area (TPSA) is 23.6 Å². The Kier molecular flexibility index (Phi) is 5.24. The molecule has 1 aromatic carbocycles. The van der Waals surface area contributed by atoms with Gasteiger partial charge in [0.1, 0.15) is 0 Å². The molecule has 1 fully saturated rings. The molecule has 0 saturated carbocycles. The van der Waals surface area contributed by atoms with Crippen LogP contribution >= 0.6 is 0 Å². The molecule has 0 spiro atoms. The Morgan fingerprint density at radius 3 is 2.55 bits per heavy atom. The van der Waals surface area contributed by atoms with Crippen LogP contribution in [0.25, 0.3) is 0 Å². The van der Waals surface area contributed by atoms with Gasteiger partial charge in [0, 0.05) is 25.2 Å². The van der Waals surface area contributed by atoms with Gasteiger partial charge in [-0.3, -0.25) is 9.69 Å². The average Bonchev–Trinajstić information content (AvgIpc) is 2.63. The SMILES string of the molecule is CC(=O)c1ccc(CN2CCCN(C)CC2)c(C(F)(F)F)c1. The van der Waals surface area contributed by atoms with Gasteiger partial charge in [-0.2, -0.15) is 13.2 Å². The van der Waals surface area contributed by atoms with E-state index in [1.807, 2.05) is 11.9 Å². The second-order valence-electron chi connectivity index (χ2n) is 5.86. The molecule has 3 nitrogen and oxygen atoms in total. The van der Waals surface area contributed by atoms with E-state index in [1.165, 1.54) is 19.1 Å². The fraction of sp³-hybridized carbons (Fsp3) is 0.562. The minimum absolute atomic E-state index is 0.103. The van der Waals surface area contributed by atoms with Crippen LogP contribution in [0.3, 0.4) is 0 Å². The van der Waals surface area contributed by atoms with Crippen molar-refractivity contribution in [1.82, 2.24) is 9.80 Å². The van der Waals surface area contributed by atoms with Crippen LogP contribution < -0.4 is 0 Å². The van der Waals surface area contributed by atoms with E-state index < -0.39 is 11.7 Å². The lowest BCUT2D eigenvalue weighted by molar-refractivity contribution is -0.138. The minimum atomic E-state index is -4.44. The lowest BCUT2D eigenvalue weighted by atomic mass is 10.0. The molecule has 0 radical (unpaired) electrons. The van der Waals surface area contributed by atoms with E-state index in [0.29, 0.717) is 0 Å². The number of halogens is 3. The Bertz CT molecular complexity index is 543. The van der Waals surface area contributed by atoms with E-state index in [9.17, 15) is 18.0 Å². The number of hydrogen-bond donors (Lipinski definition) is 0. The van der Waals surface area contributed by atoms with Gasteiger partial charge in [-0.05, 0) is 45.1 Å². The van der Waals surface area contributed by atoms with E-state index in [2.05, 4.69) is 4.90 Å². The van der Waals surface area contributed by atoms with Crippen LogP contribution in [0.5, 0.6) is 0 Å². The van der Waals surface area contributed by atoms with Crippen molar-refractivity contribution in [3.8, 4) is 0 Å². The molecule has 0 aromatic heterocycles. The zero-order valence-corrected chi connectivity index (χ0v) is 12.9. The van der Waals surface area contributed by atoms with Crippen LogP contribution in [-0.4, -0.2) is 48.8 Å². The van der Waals surface area contributed by atoms with Gasteiger partial charge in [-0.15, -0.1) is 0 Å². The Hall–Kier alpha value is -1.40. The van der Waals surface area contributed by atoms with E-state index in [-0.39, 0.29) is 23.5 Å². The summed E-state index contributed by atoms with van der Waals surface area (Å²) in [5.74, 6) is -0.353. The van der Waals surface area contributed by atoms with Crippen molar-refractivity contribution in [2.75, 3.05) is 33.2 Å². The lowest BCUT2D eigenvalue weighted by Crippen LogP contribution is -2.29. The second-order valence-corrected chi connectivity index (χ2v) is 5.86. The highest BCUT2D eigenvalue weighted by Gasteiger charge is 2.34. The van der Waals surface area contributed by atoms with Crippen LogP contribution in [0.4, 0.5) is 13.2 Å². The van der Waals surface area contributed by atoms with Gasteiger partial charge in [-0.25, -0.2) is 0 Å². The predicted molar refractivity (Wildman–Crippen MR) is 78.8 cm³/mol. The summed E-state index contributed by atoms with van der Waals surface area (Å²) >= 11 is 0. The fourth-order valence-corrected chi connectivity index (χ4v) is 2.70. The average molecular weight is 314 g/mol. The number of carbonyl (C=O) groups is 1. The molecule has 0 atom stereocenters. The molecule has 6 heteroatoms. The van der Waals surface area contributed by atoms with E-state index in [1.54, 1.807) is 0 Å². The van der Waals surface area contributed by atoms with Crippen molar-refractivity contribution in [1.29, 1.82) is 0 Å². The van der Waals surface area contributed by atoms with Crippen molar-refractivity contribution in [3.05, 3.63) is 34.9 Å². The monoisotopic (exact) mass is 314 g/mol. The van der Waals surface area contributed by atoms with Crippen molar-refractivity contribution < 1.29 is 18.0 Å². The summed E-state index contributed by atoms with van der Waals surface area (Å²) in [5, 5.41) is 0. The van der Waals surface area contributed by atoms with Crippen molar-refractivity contribution in [2.24, 2.45) is 0 Å². The highest BCUT2D eigenvalue weighted by molar-refractivity contribution is 5.94. The number of ketones is 1. The maximum atomic E-state index is 13.3. The highest BCUT2D eigenvalue weighted by atomic mass is 19.4. The normalized spacial score (nSPS) is 18.2. The lowest BCUT2D eigenvalue weighted by Gasteiger charge is -2.22. The summed E-state index contributed by atoms with van der Waals surface area (Å²) in [7, 11) is 2.02. The Labute approximate surface area is 128 Å². The second kappa shape index (κ2) is 6.79. The first kappa shape index (κ1) is 17.0. The Morgan fingerprint density at radius 1 is 1.18 bits per heavy atom. The molecule has 22 heavy (non-hydrogen) atoms. The Balaban J connectivity index is 2.24. The summed E-state index contributed by atoms with van der Waals surface area (Å²) in [4.78, 5) is 15.6. The number of benzene rings is 1. The molecule has 1 aliphatic rings. The van der Waals surface area contributed by atoms with E-state index >= 15 is 0 Å². The largest absolute Gasteiger partial charge is 0.416 e. The van der Waals surface area contributed by atoms with Crippen LogP contribution in [-0.2, 0) is 12.7 Å². The molecule has 0 amide bonds. The first-order chi connectivity index (χ1) is 10.3. The maximum absolute atomic E-state index is 13.3. The van der Waals surface area contributed by atoms with Crippen LogP contribution in [0.15, 0.2) is 18.2 Å². The van der Waals surface area contributed by atoms with Gasteiger partial charge in [-0.1, -0.05) is 12.1 Å². The molecule has 1 heterocycles. The number of nitrogens with zero attached hydrogens (tertiary/aromatic N) is 2. The summed E-state index contributed by atoms with van der Waals surface area (Å²) in [5.41, 5.74) is -0.355. The quantitative estimate of drug-likeness (QED) is 0.801. The number of carbonyl (C=O) groups excluding carboxylic acids is 1. The number of rotatable bonds is 3. The summed E-state index contributed by atoms with van der Waals surface area (Å²) in [6.07, 6.45) is -3.49. The molecule has 0 bridgehead atoms. The van der Waals surface area contributed by atoms with Gasteiger partial charge >= 0.3 is 6.18 Å². The molecule has 2 rings (SSSR count). The van der Waals surface area contributed by atoms with Crippen LogP contribution in [0, 0.1) is 0 Å². The smallest absolute Gasteiger partial charge is 0.305 e. The number of hydrogen-bond acceptors (Lipinski definition) is 3. The number of alkyl halides is 3. The maximum Gasteiger partial charge on any atom is 0.416 e. The van der Waals surface area contributed by atoms with Gasteiger partial charge in [0.2, 0.25) is 0 Å². The molecular weight excluding hydrogens is 293 g/mol. The number of likely N-dealkylation sites (N-methyl/N-ethyl adjacent to an activating group) is 1. The number of Topliss-reactive ketones (excluding diaryl/α,β-unsaturated/α-hetero) is 1. The van der Waals surface area contributed by atoms with E-state index in [0.717, 1.165) is 38.7 Å². The first-order valence-electron chi connectivity index (χ1n) is 7.39. The molecule has 1 aliphatic heterocycles. The predicted octanol–water partition coefficient (Wildman–Crippen LogP) is 3.05. The standard InChI is InChI=1S/C16H21F3N2O/c1-12(22)13-4-5-14(15(10-13)16(17,18)19)11-21-7-3-6-20(2)8-9-21/h4-5,10H,3,6-9,11H2,1-2H3. The summed E-state index contributed by atoms with van der Waals surface area (Å²) < 4.78 is 39.8.